The summed E-state index contributed by atoms with van der Waals surface area (Å²) in [5.41, 5.74) is 0.834. The topological polar surface area (TPSA) is 78.3 Å². The highest BCUT2D eigenvalue weighted by Gasteiger charge is 2.22. The first-order valence-corrected chi connectivity index (χ1v) is 11.3. The highest BCUT2D eigenvalue weighted by Crippen LogP contribution is 2.28. The number of methoxy groups -OCH3 is 1. The van der Waals surface area contributed by atoms with E-state index in [4.69, 9.17) is 9.47 Å². The van der Waals surface area contributed by atoms with Gasteiger partial charge >= 0.3 is 0 Å². The van der Waals surface area contributed by atoms with E-state index in [9.17, 15) is 9.18 Å². The third-order valence-electron chi connectivity index (χ3n) is 4.66. The van der Waals surface area contributed by atoms with E-state index in [1.165, 1.54) is 23.9 Å². The number of aromatic nitrogens is 3. The van der Waals surface area contributed by atoms with E-state index in [1.54, 1.807) is 19.2 Å². The molecule has 9 heteroatoms. The lowest BCUT2D eigenvalue weighted by Gasteiger charge is -2.19. The van der Waals surface area contributed by atoms with Crippen molar-refractivity contribution in [1.29, 1.82) is 0 Å². The standard InChI is InChI=1S/C23H27FN4O3S/c1-15(2)28-22(16(3)31-20-7-5-6-19(12-20)30-4)26-27-23(28)32-14-21(29)25-13-17-8-10-18(24)11-9-17/h5-12,15-16H,13-14H2,1-4H3,(H,25,29). The van der Waals surface area contributed by atoms with Crippen LogP contribution in [0.1, 0.15) is 44.3 Å². The van der Waals surface area contributed by atoms with Crippen molar-refractivity contribution < 1.29 is 18.7 Å². The maximum absolute atomic E-state index is 13.0. The Morgan fingerprint density at radius 2 is 1.84 bits per heavy atom. The predicted molar refractivity (Wildman–Crippen MR) is 121 cm³/mol. The zero-order chi connectivity index (χ0) is 23.1. The van der Waals surface area contributed by atoms with Crippen molar-refractivity contribution in [3.8, 4) is 11.5 Å². The Morgan fingerprint density at radius 1 is 1.12 bits per heavy atom. The first-order chi connectivity index (χ1) is 15.4. The van der Waals surface area contributed by atoms with Crippen molar-refractivity contribution in [3.05, 3.63) is 65.7 Å². The second-order valence-corrected chi connectivity index (χ2v) is 8.38. The maximum Gasteiger partial charge on any atom is 0.230 e. The first-order valence-electron chi connectivity index (χ1n) is 10.3. The first kappa shape index (κ1) is 23.6. The minimum atomic E-state index is -0.348. The normalized spacial score (nSPS) is 11.9. The summed E-state index contributed by atoms with van der Waals surface area (Å²) in [6.45, 7) is 6.31. The van der Waals surface area contributed by atoms with Gasteiger partial charge in [0.05, 0.1) is 12.9 Å². The van der Waals surface area contributed by atoms with Crippen LogP contribution in [0.5, 0.6) is 11.5 Å². The molecule has 32 heavy (non-hydrogen) atoms. The third kappa shape index (κ3) is 6.23. The van der Waals surface area contributed by atoms with Crippen molar-refractivity contribution in [2.24, 2.45) is 0 Å². The van der Waals surface area contributed by atoms with E-state index in [1.807, 2.05) is 49.6 Å². The number of benzene rings is 2. The second-order valence-electron chi connectivity index (χ2n) is 7.44. The molecule has 0 saturated carbocycles. The summed E-state index contributed by atoms with van der Waals surface area (Å²) in [6.07, 6.45) is -0.348. The van der Waals surface area contributed by atoms with E-state index in [-0.39, 0.29) is 29.6 Å². The molecule has 2 aromatic carbocycles. The second kappa shape index (κ2) is 11.0. The average Bonchev–Trinajstić information content (AvgIpc) is 3.22. The molecule has 170 valence electrons. The Labute approximate surface area is 191 Å². The minimum Gasteiger partial charge on any atom is -0.497 e. The third-order valence-corrected chi connectivity index (χ3v) is 5.60. The molecular weight excluding hydrogens is 431 g/mol. The van der Waals surface area contributed by atoms with E-state index in [0.717, 1.165) is 5.56 Å². The van der Waals surface area contributed by atoms with Crippen LogP contribution in [0.15, 0.2) is 53.7 Å². The molecule has 1 atom stereocenters. The molecule has 1 heterocycles. The van der Waals surface area contributed by atoms with Crippen molar-refractivity contribution in [2.45, 2.75) is 44.6 Å². The monoisotopic (exact) mass is 458 g/mol. The van der Waals surface area contributed by atoms with Gasteiger partial charge in [-0.2, -0.15) is 0 Å². The Balaban J connectivity index is 1.62. The van der Waals surface area contributed by atoms with Crippen molar-refractivity contribution in [3.63, 3.8) is 0 Å². The van der Waals surface area contributed by atoms with Gasteiger partial charge < -0.3 is 19.4 Å². The van der Waals surface area contributed by atoms with E-state index in [2.05, 4.69) is 15.5 Å². The quantitative estimate of drug-likeness (QED) is 0.449. The molecule has 0 aliphatic rings. The molecule has 1 amide bonds. The average molecular weight is 459 g/mol. The number of thioether (sulfide) groups is 1. The maximum atomic E-state index is 13.0. The van der Waals surface area contributed by atoms with Gasteiger partial charge in [0.25, 0.3) is 0 Å². The summed E-state index contributed by atoms with van der Waals surface area (Å²) in [6, 6.07) is 13.5. The Morgan fingerprint density at radius 3 is 2.53 bits per heavy atom. The summed E-state index contributed by atoms with van der Waals surface area (Å²) in [7, 11) is 1.61. The Bertz CT molecular complexity index is 1040. The Kier molecular flexibility index (Phi) is 8.10. The molecule has 0 saturated heterocycles. The number of carbonyl (C=O) groups excluding carboxylic acids is 1. The molecular formula is C23H27FN4O3S. The van der Waals surface area contributed by atoms with Gasteiger partial charge in [-0.25, -0.2) is 4.39 Å². The highest BCUT2D eigenvalue weighted by molar-refractivity contribution is 7.99. The van der Waals surface area contributed by atoms with Crippen LogP contribution in [-0.2, 0) is 11.3 Å². The van der Waals surface area contributed by atoms with Crippen LogP contribution < -0.4 is 14.8 Å². The SMILES string of the molecule is COc1cccc(OC(C)c2nnc(SCC(=O)NCc3ccc(F)cc3)n2C(C)C)c1. The molecule has 0 bridgehead atoms. The van der Waals surface area contributed by atoms with Crippen LogP contribution in [0.4, 0.5) is 4.39 Å². The van der Waals surface area contributed by atoms with Crippen LogP contribution in [-0.4, -0.2) is 33.5 Å². The summed E-state index contributed by atoms with van der Waals surface area (Å²) in [5.74, 6) is 1.81. The molecule has 3 aromatic rings. The zero-order valence-electron chi connectivity index (χ0n) is 18.5. The number of hydrogen-bond acceptors (Lipinski definition) is 6. The largest absolute Gasteiger partial charge is 0.497 e. The number of halogens is 1. The summed E-state index contributed by atoms with van der Waals surface area (Å²) in [4.78, 5) is 12.3. The van der Waals surface area contributed by atoms with E-state index in [0.29, 0.717) is 29.0 Å². The molecule has 0 aliphatic heterocycles. The lowest BCUT2D eigenvalue weighted by molar-refractivity contribution is -0.118. The summed E-state index contributed by atoms with van der Waals surface area (Å²) in [5, 5.41) is 12.1. The van der Waals surface area contributed by atoms with Crippen LogP contribution in [0.25, 0.3) is 0 Å². The molecule has 1 aromatic heterocycles. The number of carbonyl (C=O) groups is 1. The van der Waals surface area contributed by atoms with Gasteiger partial charge in [-0.3, -0.25) is 4.79 Å². The molecule has 0 radical (unpaired) electrons. The lowest BCUT2D eigenvalue weighted by atomic mass is 10.2. The number of ether oxygens (including phenoxy) is 2. The fourth-order valence-corrected chi connectivity index (χ4v) is 3.97. The van der Waals surface area contributed by atoms with Crippen molar-refractivity contribution in [2.75, 3.05) is 12.9 Å². The molecule has 3 rings (SSSR count). The van der Waals surface area contributed by atoms with E-state index < -0.39 is 0 Å². The van der Waals surface area contributed by atoms with Crippen molar-refractivity contribution in [1.82, 2.24) is 20.1 Å². The molecule has 1 unspecified atom stereocenters. The number of hydrogen-bond donors (Lipinski definition) is 1. The van der Waals surface area contributed by atoms with Gasteiger partial charge in [-0.15, -0.1) is 10.2 Å². The molecule has 1 N–H and O–H groups in total. The lowest BCUT2D eigenvalue weighted by Crippen LogP contribution is -2.24. The van der Waals surface area contributed by atoms with Crippen LogP contribution in [0.3, 0.4) is 0 Å². The fraction of sp³-hybridized carbons (Fsp3) is 0.348. The fourth-order valence-electron chi connectivity index (χ4n) is 3.06. The van der Waals surface area contributed by atoms with Gasteiger partial charge in [0, 0.05) is 18.7 Å². The van der Waals surface area contributed by atoms with Gasteiger partial charge in [0.1, 0.15) is 17.3 Å². The molecule has 7 nitrogen and oxygen atoms in total. The molecule has 0 spiro atoms. The van der Waals surface area contributed by atoms with Gasteiger partial charge in [-0.05, 0) is 50.6 Å². The zero-order valence-corrected chi connectivity index (χ0v) is 19.4. The number of nitrogens with zero attached hydrogens (tertiary/aromatic N) is 3. The molecule has 0 fully saturated rings. The smallest absolute Gasteiger partial charge is 0.230 e. The predicted octanol–water partition coefficient (Wildman–Crippen LogP) is 4.56. The van der Waals surface area contributed by atoms with E-state index >= 15 is 0 Å². The molecule has 0 aliphatic carbocycles. The van der Waals surface area contributed by atoms with Gasteiger partial charge in [0.2, 0.25) is 5.91 Å². The number of amides is 1. The van der Waals surface area contributed by atoms with Crippen LogP contribution in [0, 0.1) is 5.82 Å². The number of nitrogens with one attached hydrogen (secondary N) is 1. The summed E-state index contributed by atoms with van der Waals surface area (Å²) < 4.78 is 26.3. The van der Waals surface area contributed by atoms with Crippen molar-refractivity contribution >= 4 is 17.7 Å². The minimum absolute atomic E-state index is 0.0844. The van der Waals surface area contributed by atoms with Crippen LogP contribution in [0.2, 0.25) is 0 Å². The van der Waals surface area contributed by atoms with Gasteiger partial charge in [0.15, 0.2) is 17.1 Å². The Hall–Kier alpha value is -3.07. The summed E-state index contributed by atoms with van der Waals surface area (Å²) >= 11 is 1.31. The van der Waals surface area contributed by atoms with Gasteiger partial charge in [-0.1, -0.05) is 30.0 Å². The number of rotatable bonds is 10. The highest BCUT2D eigenvalue weighted by atomic mass is 32.2. The van der Waals surface area contributed by atoms with Crippen LogP contribution >= 0.6 is 11.8 Å².